The van der Waals surface area contributed by atoms with E-state index < -0.39 is 0 Å². The maximum Gasteiger partial charge on any atom is 0.0373 e. The van der Waals surface area contributed by atoms with Gasteiger partial charge in [-0.1, -0.05) is 22.9 Å². The molecule has 1 atom stereocenters. The summed E-state index contributed by atoms with van der Waals surface area (Å²) in [6.45, 7) is 9.90. The Morgan fingerprint density at radius 3 is 2.59 bits per heavy atom. The molecule has 94 valence electrons. The minimum absolute atomic E-state index is 0.632. The molecule has 17 heavy (non-hydrogen) atoms. The van der Waals surface area contributed by atoms with Crippen LogP contribution in [0.3, 0.4) is 0 Å². The van der Waals surface area contributed by atoms with Gasteiger partial charge in [-0.25, -0.2) is 0 Å². The summed E-state index contributed by atoms with van der Waals surface area (Å²) in [5.41, 5.74) is 4.02. The Morgan fingerprint density at radius 1 is 1.35 bits per heavy atom. The number of benzene rings is 1. The first-order chi connectivity index (χ1) is 8.11. The first kappa shape index (κ1) is 12.9. The molecule has 2 nitrogen and oxygen atoms in total. The summed E-state index contributed by atoms with van der Waals surface area (Å²) in [5.74, 6) is 0. The molecule has 0 spiro atoms. The van der Waals surface area contributed by atoms with Gasteiger partial charge in [-0.3, -0.25) is 0 Å². The van der Waals surface area contributed by atoms with Crippen molar-refractivity contribution in [2.75, 3.05) is 24.5 Å². The highest BCUT2D eigenvalue weighted by Crippen LogP contribution is 2.27. The van der Waals surface area contributed by atoms with Crippen LogP contribution in [0.1, 0.15) is 24.5 Å². The first-order valence-corrected chi connectivity index (χ1v) is 7.16. The topological polar surface area (TPSA) is 15.3 Å². The Morgan fingerprint density at radius 2 is 2.00 bits per heavy atom. The lowest BCUT2D eigenvalue weighted by molar-refractivity contribution is 0.447. The third kappa shape index (κ3) is 2.83. The molecular weight excluding hydrogens is 276 g/mol. The van der Waals surface area contributed by atoms with Crippen LogP contribution < -0.4 is 10.2 Å². The number of nitrogens with zero attached hydrogens (tertiary/aromatic N) is 1. The number of nitrogens with one attached hydrogen (secondary N) is 1. The molecule has 0 saturated carbocycles. The fourth-order valence-electron chi connectivity index (χ4n) is 2.44. The molecule has 0 aromatic heterocycles. The van der Waals surface area contributed by atoms with Crippen molar-refractivity contribution in [3.8, 4) is 0 Å². The second kappa shape index (κ2) is 5.40. The van der Waals surface area contributed by atoms with Gasteiger partial charge in [0.05, 0.1) is 0 Å². The van der Waals surface area contributed by atoms with Crippen molar-refractivity contribution in [3.05, 3.63) is 27.7 Å². The lowest BCUT2D eigenvalue weighted by Gasteiger charge is -2.35. The average Bonchev–Trinajstić information content (AvgIpc) is 2.35. The molecule has 1 unspecified atom stereocenters. The molecule has 0 bridgehead atoms. The maximum absolute atomic E-state index is 3.63. The van der Waals surface area contributed by atoms with Gasteiger partial charge < -0.3 is 10.2 Å². The van der Waals surface area contributed by atoms with E-state index in [1.54, 1.807) is 0 Å². The van der Waals surface area contributed by atoms with E-state index in [-0.39, 0.29) is 0 Å². The van der Waals surface area contributed by atoms with Crippen LogP contribution in [0, 0.1) is 13.8 Å². The Bertz CT molecular complexity index is 380. The zero-order valence-electron chi connectivity index (χ0n) is 10.9. The summed E-state index contributed by atoms with van der Waals surface area (Å²) in [5, 5.41) is 3.56. The Hall–Kier alpha value is -0.540. The first-order valence-electron chi connectivity index (χ1n) is 6.37. The number of piperazine rings is 1. The summed E-state index contributed by atoms with van der Waals surface area (Å²) in [6.07, 6.45) is 1.20. The van der Waals surface area contributed by atoms with E-state index in [9.17, 15) is 0 Å². The molecule has 0 radical (unpaired) electrons. The van der Waals surface area contributed by atoms with Gasteiger partial charge >= 0.3 is 0 Å². The third-order valence-corrected chi connectivity index (χ3v) is 4.79. The standard InChI is InChI=1S/C14H21BrN2/c1-4-12-9-17(6-5-16-12)13-7-10(2)14(15)11(3)8-13/h7-8,12,16H,4-6,9H2,1-3H3. The van der Waals surface area contributed by atoms with E-state index in [2.05, 4.69) is 59.1 Å². The van der Waals surface area contributed by atoms with E-state index >= 15 is 0 Å². The van der Waals surface area contributed by atoms with Gasteiger partial charge in [-0.05, 0) is 43.5 Å². The number of aryl methyl sites for hydroxylation is 2. The number of hydrogen-bond acceptors (Lipinski definition) is 2. The largest absolute Gasteiger partial charge is 0.369 e. The van der Waals surface area contributed by atoms with Crippen LogP contribution in [0.25, 0.3) is 0 Å². The van der Waals surface area contributed by atoms with Crippen molar-refractivity contribution in [1.82, 2.24) is 5.32 Å². The van der Waals surface area contributed by atoms with Crippen molar-refractivity contribution >= 4 is 21.6 Å². The van der Waals surface area contributed by atoms with Gasteiger partial charge in [-0.15, -0.1) is 0 Å². The number of halogens is 1. The molecular formula is C14H21BrN2. The number of anilines is 1. The molecule has 1 aliphatic heterocycles. The molecule has 1 N–H and O–H groups in total. The minimum atomic E-state index is 0.632. The second-order valence-electron chi connectivity index (χ2n) is 4.90. The number of hydrogen-bond donors (Lipinski definition) is 1. The highest BCUT2D eigenvalue weighted by atomic mass is 79.9. The maximum atomic E-state index is 3.63. The van der Waals surface area contributed by atoms with Gasteiger partial charge in [0.15, 0.2) is 0 Å². The predicted octanol–water partition coefficient (Wildman–Crippen LogP) is 3.25. The molecule has 2 rings (SSSR count). The van der Waals surface area contributed by atoms with Crippen molar-refractivity contribution in [2.45, 2.75) is 33.2 Å². The van der Waals surface area contributed by atoms with Crippen LogP contribution >= 0.6 is 15.9 Å². The fourth-order valence-corrected chi connectivity index (χ4v) is 2.67. The van der Waals surface area contributed by atoms with E-state index in [1.165, 1.54) is 27.7 Å². The summed E-state index contributed by atoms with van der Waals surface area (Å²) >= 11 is 3.63. The summed E-state index contributed by atoms with van der Waals surface area (Å²) < 4.78 is 1.24. The quantitative estimate of drug-likeness (QED) is 0.901. The van der Waals surface area contributed by atoms with Gasteiger partial charge in [0.25, 0.3) is 0 Å². The van der Waals surface area contributed by atoms with E-state index in [1.807, 2.05) is 0 Å². The Balaban J connectivity index is 2.22. The zero-order valence-corrected chi connectivity index (χ0v) is 12.5. The van der Waals surface area contributed by atoms with Crippen LogP contribution in [-0.2, 0) is 0 Å². The van der Waals surface area contributed by atoms with Gasteiger partial charge in [0, 0.05) is 35.8 Å². The minimum Gasteiger partial charge on any atom is -0.369 e. The monoisotopic (exact) mass is 296 g/mol. The predicted molar refractivity (Wildman–Crippen MR) is 77.9 cm³/mol. The van der Waals surface area contributed by atoms with Crippen LogP contribution in [0.2, 0.25) is 0 Å². The van der Waals surface area contributed by atoms with Crippen molar-refractivity contribution in [1.29, 1.82) is 0 Å². The molecule has 1 aliphatic rings. The highest BCUT2D eigenvalue weighted by Gasteiger charge is 2.18. The SMILES string of the molecule is CCC1CN(c2cc(C)c(Br)c(C)c2)CCN1. The Kier molecular flexibility index (Phi) is 4.10. The molecule has 1 heterocycles. The average molecular weight is 297 g/mol. The fraction of sp³-hybridized carbons (Fsp3) is 0.571. The van der Waals surface area contributed by atoms with E-state index in [0.29, 0.717) is 6.04 Å². The van der Waals surface area contributed by atoms with Gasteiger partial charge in [0.2, 0.25) is 0 Å². The van der Waals surface area contributed by atoms with Crippen LogP contribution in [0.4, 0.5) is 5.69 Å². The second-order valence-corrected chi connectivity index (χ2v) is 5.69. The van der Waals surface area contributed by atoms with Gasteiger partial charge in [-0.2, -0.15) is 0 Å². The lowest BCUT2D eigenvalue weighted by Crippen LogP contribution is -2.50. The van der Waals surface area contributed by atoms with Crippen molar-refractivity contribution in [2.24, 2.45) is 0 Å². The van der Waals surface area contributed by atoms with Crippen LogP contribution in [0.5, 0.6) is 0 Å². The van der Waals surface area contributed by atoms with Crippen LogP contribution in [0.15, 0.2) is 16.6 Å². The molecule has 3 heteroatoms. The summed E-state index contributed by atoms with van der Waals surface area (Å²) in [4.78, 5) is 2.50. The summed E-state index contributed by atoms with van der Waals surface area (Å²) in [6, 6.07) is 5.21. The summed E-state index contributed by atoms with van der Waals surface area (Å²) in [7, 11) is 0. The van der Waals surface area contributed by atoms with Crippen LogP contribution in [-0.4, -0.2) is 25.7 Å². The van der Waals surface area contributed by atoms with Crippen molar-refractivity contribution < 1.29 is 0 Å². The van der Waals surface area contributed by atoms with E-state index in [0.717, 1.165) is 19.6 Å². The van der Waals surface area contributed by atoms with Crippen molar-refractivity contribution in [3.63, 3.8) is 0 Å². The normalized spacial score (nSPS) is 20.7. The molecule has 1 saturated heterocycles. The highest BCUT2D eigenvalue weighted by molar-refractivity contribution is 9.10. The molecule has 1 aromatic carbocycles. The van der Waals surface area contributed by atoms with Gasteiger partial charge in [0.1, 0.15) is 0 Å². The molecule has 1 fully saturated rings. The molecule has 1 aromatic rings. The van der Waals surface area contributed by atoms with E-state index in [4.69, 9.17) is 0 Å². The molecule has 0 amide bonds. The Labute approximate surface area is 113 Å². The number of rotatable bonds is 2. The third-order valence-electron chi connectivity index (χ3n) is 3.53. The smallest absolute Gasteiger partial charge is 0.0373 e. The zero-order chi connectivity index (χ0) is 12.4. The lowest BCUT2D eigenvalue weighted by atomic mass is 10.1. The molecule has 0 aliphatic carbocycles.